The maximum absolute atomic E-state index is 12.8. The van der Waals surface area contributed by atoms with Gasteiger partial charge in [0.2, 0.25) is 0 Å². The van der Waals surface area contributed by atoms with Gasteiger partial charge in [0.1, 0.15) is 0 Å². The predicted octanol–water partition coefficient (Wildman–Crippen LogP) is 3.00. The zero-order valence-electron chi connectivity index (χ0n) is 15.5. The van der Waals surface area contributed by atoms with Crippen LogP contribution in [0.5, 0.6) is 0 Å². The zero-order chi connectivity index (χ0) is 20.0. The largest absolute Gasteiger partial charge is 0.345 e. The number of thiazole rings is 1. The van der Waals surface area contributed by atoms with Gasteiger partial charge in [-0.2, -0.15) is 0 Å². The van der Waals surface area contributed by atoms with Crippen molar-refractivity contribution in [3.63, 3.8) is 0 Å². The van der Waals surface area contributed by atoms with Crippen LogP contribution in [0.15, 0.2) is 52.4 Å². The van der Waals surface area contributed by atoms with E-state index in [1.807, 2.05) is 41.3 Å². The molecule has 1 aromatic heterocycles. The third-order valence-corrected chi connectivity index (χ3v) is 7.07. The number of hydrogen-bond donors (Lipinski definition) is 1. The summed E-state index contributed by atoms with van der Waals surface area (Å²) in [6, 6.07) is 12.4. The van der Waals surface area contributed by atoms with E-state index < -0.39 is 0 Å². The number of nitrogens with one attached hydrogen (secondary N) is 1. The van der Waals surface area contributed by atoms with Crippen LogP contribution < -0.4 is 5.32 Å². The van der Waals surface area contributed by atoms with Crippen molar-refractivity contribution in [3.05, 3.63) is 63.0 Å². The highest BCUT2D eigenvalue weighted by atomic mass is 79.9. The Bertz CT molecular complexity index is 1080. The van der Waals surface area contributed by atoms with E-state index >= 15 is 0 Å². The maximum Gasteiger partial charge on any atom is 0.280 e. The monoisotopic (exact) mass is 470 g/mol. The molecule has 0 radical (unpaired) electrons. The average Bonchev–Trinajstić information content (AvgIpc) is 3.19. The summed E-state index contributed by atoms with van der Waals surface area (Å²) < 4.78 is 1.03. The summed E-state index contributed by atoms with van der Waals surface area (Å²) in [6.45, 7) is 3.13. The van der Waals surface area contributed by atoms with E-state index in [9.17, 15) is 9.59 Å². The maximum atomic E-state index is 12.8. The number of fused-ring (bicyclic) bond motifs is 1. The normalized spacial score (nSPS) is 17.8. The highest BCUT2D eigenvalue weighted by Crippen LogP contribution is 2.27. The average molecular weight is 471 g/mol. The molecule has 2 amide bonds. The molecule has 2 aliphatic heterocycles. The summed E-state index contributed by atoms with van der Waals surface area (Å²) in [5.74, 6) is -0.0183. The molecule has 0 atom stereocenters. The Morgan fingerprint density at radius 1 is 1.14 bits per heavy atom. The van der Waals surface area contributed by atoms with Gasteiger partial charge in [-0.15, -0.1) is 11.3 Å². The second-order valence-electron chi connectivity index (χ2n) is 7.50. The number of carbonyl (C=O) groups excluding carboxylic acids is 2. The lowest BCUT2D eigenvalue weighted by Gasteiger charge is -2.51. The molecule has 3 heterocycles. The lowest BCUT2D eigenvalue weighted by Crippen LogP contribution is -2.70. The first kappa shape index (κ1) is 18.7. The van der Waals surface area contributed by atoms with Crippen molar-refractivity contribution in [1.29, 1.82) is 0 Å². The molecule has 2 saturated heterocycles. The molecule has 0 aliphatic carbocycles. The van der Waals surface area contributed by atoms with Crippen molar-refractivity contribution in [3.8, 4) is 0 Å². The van der Waals surface area contributed by atoms with E-state index in [0.29, 0.717) is 11.0 Å². The molecule has 8 heteroatoms. The van der Waals surface area contributed by atoms with Gasteiger partial charge in [0.05, 0.1) is 6.04 Å². The molecule has 2 aliphatic rings. The molecule has 1 N–H and O–H groups in total. The Hall–Kier alpha value is -2.29. The molecular formula is C21H19BrN4O2S. The third-order valence-electron chi connectivity index (χ3n) is 5.61. The minimum atomic E-state index is -0.0991. The van der Waals surface area contributed by atoms with Gasteiger partial charge in [-0.05, 0) is 29.0 Å². The molecule has 5 rings (SSSR count). The van der Waals surface area contributed by atoms with Gasteiger partial charge in [-0.3, -0.25) is 14.5 Å². The fourth-order valence-electron chi connectivity index (χ4n) is 3.90. The number of benzene rings is 2. The van der Waals surface area contributed by atoms with E-state index in [1.165, 1.54) is 11.3 Å². The number of halogens is 1. The summed E-state index contributed by atoms with van der Waals surface area (Å²) >= 11 is 4.90. The summed E-state index contributed by atoms with van der Waals surface area (Å²) in [6.07, 6.45) is 1.64. The van der Waals surface area contributed by atoms with Crippen LogP contribution in [0.4, 0.5) is 0 Å². The van der Waals surface area contributed by atoms with Crippen LogP contribution in [-0.2, 0) is 0 Å². The standard InChI is InChI=1S/C21H19BrN4O2S/c22-18-3-1-2-13-8-14(4-5-17(13)18)21(28)26-11-16(12-26)25-9-15(10-25)24-19(27)20-23-6-7-29-20/h1-8,15-16H,9-12H2,(H,24,27). The van der Waals surface area contributed by atoms with Crippen molar-refractivity contribution in [2.24, 2.45) is 0 Å². The second kappa shape index (κ2) is 7.51. The van der Waals surface area contributed by atoms with Crippen LogP contribution in [0, 0.1) is 0 Å². The van der Waals surface area contributed by atoms with Crippen molar-refractivity contribution < 1.29 is 9.59 Å². The van der Waals surface area contributed by atoms with E-state index in [0.717, 1.165) is 47.0 Å². The smallest absolute Gasteiger partial charge is 0.280 e. The second-order valence-corrected chi connectivity index (χ2v) is 9.25. The van der Waals surface area contributed by atoms with Crippen molar-refractivity contribution >= 4 is 49.9 Å². The van der Waals surface area contributed by atoms with Gasteiger partial charge >= 0.3 is 0 Å². The first-order chi connectivity index (χ1) is 14.1. The van der Waals surface area contributed by atoms with Crippen LogP contribution in [0.25, 0.3) is 10.8 Å². The topological polar surface area (TPSA) is 65.5 Å². The molecule has 148 valence electrons. The summed E-state index contributed by atoms with van der Waals surface area (Å²) in [7, 11) is 0. The first-order valence-corrected chi connectivity index (χ1v) is 11.2. The minimum absolute atomic E-state index is 0.0808. The van der Waals surface area contributed by atoms with Gasteiger partial charge in [-0.25, -0.2) is 4.98 Å². The van der Waals surface area contributed by atoms with Crippen molar-refractivity contribution in [2.75, 3.05) is 26.2 Å². The number of aromatic nitrogens is 1. The Kier molecular flexibility index (Phi) is 4.85. The summed E-state index contributed by atoms with van der Waals surface area (Å²) in [5, 5.41) is 7.49. The molecule has 6 nitrogen and oxygen atoms in total. The van der Waals surface area contributed by atoms with Crippen LogP contribution in [0.1, 0.15) is 20.2 Å². The van der Waals surface area contributed by atoms with Crippen LogP contribution in [-0.4, -0.2) is 64.9 Å². The van der Waals surface area contributed by atoms with Gasteiger partial charge in [0.15, 0.2) is 5.01 Å². The highest BCUT2D eigenvalue weighted by Gasteiger charge is 2.41. The molecule has 29 heavy (non-hydrogen) atoms. The number of carbonyl (C=O) groups is 2. The van der Waals surface area contributed by atoms with Crippen LogP contribution in [0.3, 0.4) is 0 Å². The number of likely N-dealkylation sites (tertiary alicyclic amines) is 2. The van der Waals surface area contributed by atoms with Crippen LogP contribution in [0.2, 0.25) is 0 Å². The first-order valence-electron chi connectivity index (χ1n) is 9.50. The van der Waals surface area contributed by atoms with Crippen molar-refractivity contribution in [1.82, 2.24) is 20.1 Å². The lowest BCUT2D eigenvalue weighted by molar-refractivity contribution is -0.00940. The quantitative estimate of drug-likeness (QED) is 0.636. The number of nitrogens with zero attached hydrogens (tertiary/aromatic N) is 3. The van der Waals surface area contributed by atoms with E-state index in [4.69, 9.17) is 0 Å². The number of amides is 2. The molecule has 0 unspecified atom stereocenters. The van der Waals surface area contributed by atoms with E-state index in [2.05, 4.69) is 31.1 Å². The Balaban J connectivity index is 1.13. The van der Waals surface area contributed by atoms with Gasteiger partial charge in [-0.1, -0.05) is 34.1 Å². The molecule has 3 aromatic rings. The number of hydrogen-bond acceptors (Lipinski definition) is 5. The minimum Gasteiger partial charge on any atom is -0.345 e. The zero-order valence-corrected chi connectivity index (χ0v) is 17.9. The van der Waals surface area contributed by atoms with E-state index in [-0.39, 0.29) is 17.9 Å². The molecular weight excluding hydrogens is 452 g/mol. The highest BCUT2D eigenvalue weighted by molar-refractivity contribution is 9.10. The SMILES string of the molecule is O=C(NC1CN(C2CN(C(=O)c3ccc4c(Br)cccc4c3)C2)C1)c1nccs1. The molecule has 2 fully saturated rings. The molecule has 0 bridgehead atoms. The number of rotatable bonds is 4. The predicted molar refractivity (Wildman–Crippen MR) is 116 cm³/mol. The summed E-state index contributed by atoms with van der Waals surface area (Å²) in [5.41, 5.74) is 0.728. The van der Waals surface area contributed by atoms with Gasteiger partial charge < -0.3 is 10.2 Å². The van der Waals surface area contributed by atoms with Gasteiger partial charge in [0.25, 0.3) is 11.8 Å². The Morgan fingerprint density at radius 3 is 2.72 bits per heavy atom. The molecule has 2 aromatic carbocycles. The van der Waals surface area contributed by atoms with Crippen molar-refractivity contribution in [2.45, 2.75) is 12.1 Å². The Labute approximate surface area is 180 Å². The fourth-order valence-corrected chi connectivity index (χ4v) is 4.95. The lowest BCUT2D eigenvalue weighted by atomic mass is 9.98. The molecule has 0 saturated carbocycles. The Morgan fingerprint density at radius 2 is 1.97 bits per heavy atom. The fraction of sp³-hybridized carbons (Fsp3) is 0.286. The summed E-state index contributed by atoms with van der Waals surface area (Å²) in [4.78, 5) is 33.1. The van der Waals surface area contributed by atoms with Crippen LogP contribution >= 0.6 is 27.3 Å². The third kappa shape index (κ3) is 3.56. The molecule has 0 spiro atoms. The van der Waals surface area contributed by atoms with Gasteiger partial charge in [0, 0.05) is 53.8 Å². The van der Waals surface area contributed by atoms with E-state index in [1.54, 1.807) is 11.6 Å².